The van der Waals surface area contributed by atoms with Crippen LogP contribution in [0.25, 0.3) is 0 Å². The van der Waals surface area contributed by atoms with Gasteiger partial charge in [0.15, 0.2) is 5.84 Å². The Morgan fingerprint density at radius 2 is 2.14 bits per heavy atom. The van der Waals surface area contributed by atoms with Crippen molar-refractivity contribution in [3.05, 3.63) is 29.6 Å². The predicted octanol–water partition coefficient (Wildman–Crippen LogP) is 0.351. The normalized spacial score (nSPS) is 13.1. The molecule has 1 aromatic rings. The van der Waals surface area contributed by atoms with Crippen LogP contribution in [0.4, 0.5) is 0 Å². The monoisotopic (exact) mass is 293 g/mol. The number of nitrogens with zero attached hydrogens (tertiary/aromatic N) is 2. The highest BCUT2D eigenvalue weighted by Gasteiger charge is 2.09. The Hall–Kier alpha value is -2.15. The van der Waals surface area contributed by atoms with Gasteiger partial charge in [-0.1, -0.05) is 5.16 Å². The van der Waals surface area contributed by atoms with E-state index in [0.29, 0.717) is 12.1 Å². The van der Waals surface area contributed by atoms with E-state index < -0.39 is 0 Å². The molecule has 1 unspecified atom stereocenters. The highest BCUT2D eigenvalue weighted by atomic mass is 16.6. The molecule has 0 aliphatic carbocycles. The van der Waals surface area contributed by atoms with E-state index in [1.54, 1.807) is 32.3 Å². The van der Waals surface area contributed by atoms with Crippen LogP contribution in [0.3, 0.4) is 0 Å². The Bertz CT molecular complexity index is 485. The van der Waals surface area contributed by atoms with Crippen molar-refractivity contribution >= 4 is 11.7 Å². The Morgan fingerprint density at radius 3 is 2.67 bits per heavy atom. The maximum atomic E-state index is 11.6. The lowest BCUT2D eigenvalue weighted by Gasteiger charge is -2.10. The molecule has 0 bridgehead atoms. The molecule has 0 aliphatic rings. The first-order valence-corrected chi connectivity index (χ1v) is 6.83. The maximum absolute atomic E-state index is 11.6. The minimum atomic E-state index is -0.236. The quantitative estimate of drug-likeness (QED) is 0.382. The lowest BCUT2D eigenvalue weighted by atomic mass is 10.2. The third kappa shape index (κ3) is 5.78. The number of amidine groups is 1. The predicted molar refractivity (Wildman–Crippen MR) is 81.6 cm³/mol. The van der Waals surface area contributed by atoms with Gasteiger partial charge in [-0.15, -0.1) is 0 Å². The fourth-order valence-corrected chi connectivity index (χ4v) is 1.36. The van der Waals surface area contributed by atoms with Crippen molar-refractivity contribution < 1.29 is 9.63 Å². The van der Waals surface area contributed by atoms with Crippen molar-refractivity contribution in [3.63, 3.8) is 0 Å². The minimum Gasteiger partial charge on any atom is -0.391 e. The van der Waals surface area contributed by atoms with Gasteiger partial charge in [0.05, 0.1) is 18.3 Å². The van der Waals surface area contributed by atoms with Crippen LogP contribution in [0.5, 0.6) is 0 Å². The van der Waals surface area contributed by atoms with Crippen molar-refractivity contribution in [1.29, 1.82) is 0 Å². The molecule has 7 nitrogen and oxygen atoms in total. The molecule has 0 saturated carbocycles. The van der Waals surface area contributed by atoms with E-state index in [4.69, 9.17) is 10.6 Å². The largest absolute Gasteiger partial charge is 0.391 e. The molecule has 116 valence electrons. The Morgan fingerprint density at radius 1 is 1.43 bits per heavy atom. The summed E-state index contributed by atoms with van der Waals surface area (Å²) in [5.41, 5.74) is 7.20. The molecule has 0 spiro atoms. The first-order chi connectivity index (χ1) is 9.93. The smallest absolute Gasteiger partial charge is 0.237 e. The zero-order valence-corrected chi connectivity index (χ0v) is 12.9. The molecule has 7 heteroatoms. The molecule has 1 atom stereocenters. The van der Waals surface area contributed by atoms with Crippen molar-refractivity contribution in [2.75, 3.05) is 7.05 Å². The van der Waals surface area contributed by atoms with Crippen LogP contribution in [0.1, 0.15) is 32.0 Å². The first-order valence-electron chi connectivity index (χ1n) is 6.83. The number of amides is 1. The second-order valence-electron chi connectivity index (χ2n) is 4.90. The van der Waals surface area contributed by atoms with E-state index in [2.05, 4.69) is 20.8 Å². The van der Waals surface area contributed by atoms with E-state index in [-0.39, 0.29) is 23.9 Å². The van der Waals surface area contributed by atoms with E-state index in [1.165, 1.54) is 0 Å². The van der Waals surface area contributed by atoms with Gasteiger partial charge in [0.1, 0.15) is 6.10 Å². The summed E-state index contributed by atoms with van der Waals surface area (Å²) in [6.07, 6.45) is 1.58. The van der Waals surface area contributed by atoms with Crippen LogP contribution in [0, 0.1) is 0 Å². The summed E-state index contributed by atoms with van der Waals surface area (Å²) in [5, 5.41) is 9.47. The van der Waals surface area contributed by atoms with Crippen LogP contribution in [0.15, 0.2) is 23.5 Å². The lowest BCUT2D eigenvalue weighted by molar-refractivity contribution is -0.122. The molecule has 0 saturated heterocycles. The zero-order chi connectivity index (χ0) is 15.8. The summed E-state index contributed by atoms with van der Waals surface area (Å²) in [6.45, 7) is 5.89. The van der Waals surface area contributed by atoms with Crippen LogP contribution in [-0.2, 0) is 16.2 Å². The summed E-state index contributed by atoms with van der Waals surface area (Å²) < 4.78 is 0. The number of likely N-dealkylation sites (N-methyl/N-ethyl adjacent to an activating group) is 1. The molecule has 0 aromatic carbocycles. The molecule has 1 rings (SSSR count). The number of aromatic nitrogens is 1. The lowest BCUT2D eigenvalue weighted by Crippen LogP contribution is -2.40. The number of carbonyl (C=O) groups excluding carboxylic acids is 1. The third-order valence-electron chi connectivity index (χ3n) is 2.75. The first kappa shape index (κ1) is 16.9. The topological polar surface area (TPSA) is 102 Å². The Kier molecular flexibility index (Phi) is 6.61. The number of nitrogens with two attached hydrogens (primary N) is 1. The highest BCUT2D eigenvalue weighted by molar-refractivity contribution is 5.96. The fraction of sp³-hybridized carbons (Fsp3) is 0.500. The van der Waals surface area contributed by atoms with Gasteiger partial charge in [-0.05, 0) is 40.0 Å². The van der Waals surface area contributed by atoms with E-state index in [9.17, 15) is 4.79 Å². The van der Waals surface area contributed by atoms with Crippen LogP contribution < -0.4 is 16.4 Å². The van der Waals surface area contributed by atoms with Crippen molar-refractivity contribution in [2.24, 2.45) is 10.9 Å². The number of carbonyl (C=O) groups is 1. The van der Waals surface area contributed by atoms with Gasteiger partial charge in [-0.25, -0.2) is 0 Å². The van der Waals surface area contributed by atoms with Gasteiger partial charge in [0.25, 0.3) is 0 Å². The standard InChI is InChI=1S/C14H23N5O2/c1-9(2)21-19-13(15)11-5-6-12(17-7-11)8-18-14(20)10(3)16-4/h5-7,9-10,16H,8H2,1-4H3,(H2,15,19)(H,18,20). The average Bonchev–Trinajstić information content (AvgIpc) is 2.49. The molecular weight excluding hydrogens is 270 g/mol. The maximum Gasteiger partial charge on any atom is 0.237 e. The van der Waals surface area contributed by atoms with E-state index in [0.717, 1.165) is 5.69 Å². The van der Waals surface area contributed by atoms with Crippen molar-refractivity contribution in [3.8, 4) is 0 Å². The number of hydrogen-bond acceptors (Lipinski definition) is 5. The van der Waals surface area contributed by atoms with E-state index >= 15 is 0 Å². The fourth-order valence-electron chi connectivity index (χ4n) is 1.36. The van der Waals surface area contributed by atoms with Gasteiger partial charge in [0, 0.05) is 11.8 Å². The summed E-state index contributed by atoms with van der Waals surface area (Å²) in [5.74, 6) is 0.199. The molecule has 1 amide bonds. The van der Waals surface area contributed by atoms with E-state index in [1.807, 2.05) is 13.8 Å². The molecule has 0 aliphatic heterocycles. The summed E-state index contributed by atoms with van der Waals surface area (Å²) in [4.78, 5) is 20.9. The van der Waals surface area contributed by atoms with Crippen LogP contribution in [-0.4, -0.2) is 35.9 Å². The summed E-state index contributed by atoms with van der Waals surface area (Å²) >= 11 is 0. The van der Waals surface area contributed by atoms with Crippen LogP contribution >= 0.6 is 0 Å². The molecule has 1 heterocycles. The average molecular weight is 293 g/mol. The molecule has 21 heavy (non-hydrogen) atoms. The Labute approximate surface area is 124 Å². The molecule has 0 radical (unpaired) electrons. The summed E-state index contributed by atoms with van der Waals surface area (Å²) in [7, 11) is 1.73. The molecule has 1 aromatic heterocycles. The zero-order valence-electron chi connectivity index (χ0n) is 12.9. The highest BCUT2D eigenvalue weighted by Crippen LogP contribution is 2.01. The van der Waals surface area contributed by atoms with Gasteiger partial charge >= 0.3 is 0 Å². The number of nitrogens with one attached hydrogen (secondary N) is 2. The second kappa shape index (κ2) is 8.21. The second-order valence-corrected chi connectivity index (χ2v) is 4.90. The van der Waals surface area contributed by atoms with Crippen molar-refractivity contribution in [1.82, 2.24) is 15.6 Å². The van der Waals surface area contributed by atoms with Gasteiger partial charge in [-0.3, -0.25) is 9.78 Å². The Balaban J connectivity index is 2.58. The number of pyridine rings is 1. The third-order valence-corrected chi connectivity index (χ3v) is 2.75. The van der Waals surface area contributed by atoms with Gasteiger partial charge in [0.2, 0.25) is 5.91 Å². The SMILES string of the molecule is CNC(C)C(=O)NCc1ccc(/C(N)=N\OC(C)C)cn1. The van der Waals surface area contributed by atoms with Gasteiger partial charge in [-0.2, -0.15) is 0 Å². The minimum absolute atomic E-state index is 0.0276. The summed E-state index contributed by atoms with van der Waals surface area (Å²) in [6, 6.07) is 3.34. The number of hydrogen-bond donors (Lipinski definition) is 3. The molecular formula is C14H23N5O2. The molecule has 0 fully saturated rings. The van der Waals surface area contributed by atoms with Crippen LogP contribution in [0.2, 0.25) is 0 Å². The molecule has 4 N–H and O–H groups in total. The number of rotatable bonds is 7. The number of oxime groups is 1. The van der Waals surface area contributed by atoms with Crippen molar-refractivity contribution in [2.45, 2.75) is 39.5 Å². The van der Waals surface area contributed by atoms with Gasteiger partial charge < -0.3 is 21.2 Å².